The fourth-order valence-corrected chi connectivity index (χ4v) is 2.11. The van der Waals surface area contributed by atoms with Crippen molar-refractivity contribution in [2.24, 2.45) is 0 Å². The van der Waals surface area contributed by atoms with Crippen molar-refractivity contribution in [2.75, 3.05) is 25.6 Å². The van der Waals surface area contributed by atoms with Gasteiger partial charge in [-0.1, -0.05) is 6.07 Å². The van der Waals surface area contributed by atoms with Gasteiger partial charge < -0.3 is 20.1 Å². The van der Waals surface area contributed by atoms with Gasteiger partial charge in [0.1, 0.15) is 5.75 Å². The zero-order chi connectivity index (χ0) is 13.3. The Hall–Kier alpha value is -1.59. The van der Waals surface area contributed by atoms with Crippen LogP contribution in [0.3, 0.4) is 0 Å². The molecule has 1 aliphatic rings. The maximum atomic E-state index is 11.8. The van der Waals surface area contributed by atoms with E-state index in [-0.39, 0.29) is 18.6 Å². The lowest BCUT2D eigenvalue weighted by Crippen LogP contribution is -2.42. The third kappa shape index (κ3) is 2.07. The van der Waals surface area contributed by atoms with E-state index in [1.165, 1.54) is 0 Å². The molecule has 2 unspecified atom stereocenters. The molecule has 1 heterocycles. The van der Waals surface area contributed by atoms with Gasteiger partial charge in [0, 0.05) is 7.05 Å². The molecule has 2 N–H and O–H groups in total. The summed E-state index contributed by atoms with van der Waals surface area (Å²) in [5, 5.41) is 12.3. The summed E-state index contributed by atoms with van der Waals surface area (Å²) < 4.78 is 5.54. The predicted molar refractivity (Wildman–Crippen MR) is 68.8 cm³/mol. The maximum absolute atomic E-state index is 11.8. The number of anilines is 1. The molecule has 1 aromatic rings. The zero-order valence-corrected chi connectivity index (χ0v) is 10.8. The number of ether oxygens (including phenoxy) is 1. The largest absolute Gasteiger partial charge is 0.479 e. The van der Waals surface area contributed by atoms with Crippen molar-refractivity contribution >= 4 is 11.6 Å². The Morgan fingerprint density at radius 2 is 2.28 bits per heavy atom. The van der Waals surface area contributed by atoms with E-state index in [9.17, 15) is 9.90 Å². The van der Waals surface area contributed by atoms with Crippen molar-refractivity contribution in [3.05, 3.63) is 23.8 Å². The molecule has 2 atom stereocenters. The third-order valence-corrected chi connectivity index (χ3v) is 3.26. The molecular weight excluding hydrogens is 232 g/mol. The highest BCUT2D eigenvalue weighted by Crippen LogP contribution is 2.35. The second-order valence-corrected chi connectivity index (χ2v) is 4.41. The van der Waals surface area contributed by atoms with E-state index in [1.807, 2.05) is 18.2 Å². The van der Waals surface area contributed by atoms with Gasteiger partial charge in [0.15, 0.2) is 6.10 Å². The summed E-state index contributed by atoms with van der Waals surface area (Å²) in [7, 11) is 3.52. The summed E-state index contributed by atoms with van der Waals surface area (Å²) in [5.41, 5.74) is 1.67. The van der Waals surface area contributed by atoms with Gasteiger partial charge in [-0.2, -0.15) is 0 Å². The first kappa shape index (κ1) is 12.9. The van der Waals surface area contributed by atoms with Crippen molar-refractivity contribution in [2.45, 2.75) is 19.1 Å². The third-order valence-electron chi connectivity index (χ3n) is 3.26. The van der Waals surface area contributed by atoms with Gasteiger partial charge >= 0.3 is 0 Å². The number of nitrogens with one attached hydrogen (secondary N) is 1. The smallest absolute Gasteiger partial charge is 0.267 e. The molecule has 5 heteroatoms. The lowest BCUT2D eigenvalue weighted by atomic mass is 10.0. The van der Waals surface area contributed by atoms with Crippen LogP contribution in [0.4, 0.5) is 5.69 Å². The van der Waals surface area contributed by atoms with Gasteiger partial charge in [-0.05, 0) is 31.7 Å². The molecule has 1 aromatic carbocycles. The normalized spacial score (nSPS) is 20.3. The van der Waals surface area contributed by atoms with Gasteiger partial charge in [-0.25, -0.2) is 0 Å². The molecule has 0 radical (unpaired) electrons. The molecule has 98 valence electrons. The summed E-state index contributed by atoms with van der Waals surface area (Å²) in [6.45, 7) is 1.74. The number of aliphatic hydroxyl groups excluding tert-OH is 1. The first-order chi connectivity index (χ1) is 8.58. The number of carbonyl (C=O) groups is 1. The van der Waals surface area contributed by atoms with Gasteiger partial charge in [0.05, 0.1) is 18.3 Å². The monoisotopic (exact) mass is 250 g/mol. The topological polar surface area (TPSA) is 61.8 Å². The molecule has 5 nitrogen and oxygen atoms in total. The quantitative estimate of drug-likeness (QED) is 0.828. The minimum absolute atomic E-state index is 0.00417. The van der Waals surface area contributed by atoms with Gasteiger partial charge in [0.2, 0.25) is 0 Å². The highest BCUT2D eigenvalue weighted by atomic mass is 16.5. The molecule has 1 aliphatic heterocycles. The first-order valence-electron chi connectivity index (χ1n) is 5.94. The van der Waals surface area contributed by atoms with Crippen molar-refractivity contribution < 1.29 is 14.6 Å². The van der Waals surface area contributed by atoms with Crippen LogP contribution in [-0.4, -0.2) is 37.8 Å². The lowest BCUT2D eigenvalue weighted by molar-refractivity contribution is -0.125. The summed E-state index contributed by atoms with van der Waals surface area (Å²) in [4.78, 5) is 13.4. The Kier molecular flexibility index (Phi) is 3.54. The van der Waals surface area contributed by atoms with Crippen LogP contribution in [0.1, 0.15) is 18.5 Å². The number of fused-ring (bicyclic) bond motifs is 1. The van der Waals surface area contributed by atoms with Gasteiger partial charge in [-0.15, -0.1) is 0 Å². The first-order valence-corrected chi connectivity index (χ1v) is 5.94. The summed E-state index contributed by atoms with van der Waals surface area (Å²) in [5.74, 6) is 0.630. The number of rotatable bonds is 3. The number of nitrogens with zero attached hydrogens (tertiary/aromatic N) is 1. The Bertz CT molecular complexity index is 458. The van der Waals surface area contributed by atoms with E-state index in [0.717, 1.165) is 11.3 Å². The van der Waals surface area contributed by atoms with E-state index in [1.54, 1.807) is 25.9 Å². The van der Waals surface area contributed by atoms with E-state index in [4.69, 9.17) is 4.74 Å². The zero-order valence-electron chi connectivity index (χ0n) is 10.8. The van der Waals surface area contributed by atoms with Crippen molar-refractivity contribution in [3.63, 3.8) is 0 Å². The van der Waals surface area contributed by atoms with E-state index < -0.39 is 6.10 Å². The van der Waals surface area contributed by atoms with Crippen LogP contribution < -0.4 is 15.0 Å². The van der Waals surface area contributed by atoms with Crippen LogP contribution >= 0.6 is 0 Å². The molecule has 0 fully saturated rings. The van der Waals surface area contributed by atoms with Gasteiger partial charge in [0.25, 0.3) is 5.91 Å². The van der Waals surface area contributed by atoms with Crippen molar-refractivity contribution in [1.82, 2.24) is 5.32 Å². The second-order valence-electron chi connectivity index (χ2n) is 4.41. The molecule has 0 saturated carbocycles. The Labute approximate surface area is 106 Å². The molecule has 2 rings (SSSR count). The number of benzene rings is 1. The predicted octanol–water partition coefficient (Wildman–Crippen LogP) is 0.683. The molecule has 0 aliphatic carbocycles. The molecule has 0 aromatic heterocycles. The van der Waals surface area contributed by atoms with E-state index in [2.05, 4.69) is 5.32 Å². The number of amides is 1. The minimum atomic E-state index is -0.453. The van der Waals surface area contributed by atoms with Crippen LogP contribution in [0, 0.1) is 0 Å². The molecule has 0 saturated heterocycles. The SMILES string of the molecule is CNC(CO)c1ccc2c(c1)N(C)C(=O)C(C)O2. The number of aliphatic hydroxyl groups is 1. The lowest BCUT2D eigenvalue weighted by Gasteiger charge is -2.31. The maximum Gasteiger partial charge on any atom is 0.267 e. The molecular formula is C13H18N2O3. The molecule has 1 amide bonds. The van der Waals surface area contributed by atoms with Crippen LogP contribution in [0.5, 0.6) is 5.75 Å². The highest BCUT2D eigenvalue weighted by Gasteiger charge is 2.29. The Morgan fingerprint density at radius 3 is 2.89 bits per heavy atom. The van der Waals surface area contributed by atoms with Crippen LogP contribution in [0.15, 0.2) is 18.2 Å². The molecule has 18 heavy (non-hydrogen) atoms. The van der Waals surface area contributed by atoms with Crippen LogP contribution in [0.2, 0.25) is 0 Å². The standard InChI is InChI=1S/C13H18N2O3/c1-8-13(17)15(3)11-6-9(10(7-16)14-2)4-5-12(11)18-8/h4-6,8,10,14,16H,7H2,1-3H3. The Morgan fingerprint density at radius 1 is 1.56 bits per heavy atom. The van der Waals surface area contributed by atoms with E-state index in [0.29, 0.717) is 5.75 Å². The molecule has 0 spiro atoms. The number of hydrogen-bond acceptors (Lipinski definition) is 4. The van der Waals surface area contributed by atoms with Gasteiger partial charge in [-0.3, -0.25) is 4.79 Å². The highest BCUT2D eigenvalue weighted by molar-refractivity contribution is 5.99. The number of likely N-dealkylation sites (N-methyl/N-ethyl adjacent to an activating group) is 2. The molecule has 0 bridgehead atoms. The average molecular weight is 250 g/mol. The van der Waals surface area contributed by atoms with E-state index >= 15 is 0 Å². The fourth-order valence-electron chi connectivity index (χ4n) is 2.11. The van der Waals surface area contributed by atoms with Crippen molar-refractivity contribution in [1.29, 1.82) is 0 Å². The summed E-state index contributed by atoms with van der Waals surface area (Å²) in [6.07, 6.45) is -0.453. The summed E-state index contributed by atoms with van der Waals surface area (Å²) in [6, 6.07) is 5.46. The second kappa shape index (κ2) is 4.96. The minimum Gasteiger partial charge on any atom is -0.479 e. The average Bonchev–Trinajstić information content (AvgIpc) is 2.38. The van der Waals surface area contributed by atoms with Crippen molar-refractivity contribution in [3.8, 4) is 5.75 Å². The fraction of sp³-hybridized carbons (Fsp3) is 0.462. The number of carbonyl (C=O) groups excluding carboxylic acids is 1. The number of hydrogen-bond donors (Lipinski definition) is 2. The van der Waals surface area contributed by atoms with Crippen LogP contribution in [0.25, 0.3) is 0 Å². The Balaban J connectivity index is 2.40. The van der Waals surface area contributed by atoms with Crippen LogP contribution in [-0.2, 0) is 4.79 Å². The summed E-state index contributed by atoms with van der Waals surface area (Å²) >= 11 is 0.